The molecule has 1 aromatic carbocycles. The number of rotatable bonds is 0. The van der Waals surface area contributed by atoms with Gasteiger partial charge in [-0.1, -0.05) is 36.7 Å². The van der Waals surface area contributed by atoms with Crippen LogP contribution in [0.2, 0.25) is 5.02 Å². The molecular weight excluding hydrogens is 308 g/mol. The predicted octanol–water partition coefficient (Wildman–Crippen LogP) is 4.19. The van der Waals surface area contributed by atoms with Crippen LogP contribution in [0.1, 0.15) is 18.9 Å². The molecule has 4 unspecified atom stereocenters. The van der Waals surface area contributed by atoms with E-state index >= 15 is 0 Å². The third-order valence-corrected chi connectivity index (χ3v) is 6.00. The molecule has 3 heterocycles. The van der Waals surface area contributed by atoms with Gasteiger partial charge in [-0.15, -0.1) is 5.11 Å². The zero-order valence-electron chi connectivity index (χ0n) is 13.1. The van der Waals surface area contributed by atoms with Crippen LogP contribution < -0.4 is 4.90 Å². The fraction of sp³-hybridized carbons (Fsp3) is 0.444. The van der Waals surface area contributed by atoms with Crippen molar-refractivity contribution in [1.29, 1.82) is 0 Å². The standard InChI is InChI=1S/C18H19ClN4/c1-11-3-2-4-14-18(11)16-7-12-5-6-13(19)8-15(12)22(16)9-17-21-20-10-23(14)17/h2-3,5-6,8-9,11,14,16,18H,4,7,10H2,1H3. The highest BCUT2D eigenvalue weighted by Crippen LogP contribution is 2.46. The van der Waals surface area contributed by atoms with Gasteiger partial charge in [-0.05, 0) is 36.5 Å². The molecule has 0 bridgehead atoms. The average Bonchev–Trinajstić information content (AvgIpc) is 3.10. The third-order valence-electron chi connectivity index (χ3n) is 5.76. The van der Waals surface area contributed by atoms with E-state index in [1.54, 1.807) is 0 Å². The molecule has 4 aliphatic rings. The SMILES string of the molecule is CC1C=CCC2C1C1Cc3ccc(Cl)cc3N1C=C1N=NCN12. The van der Waals surface area contributed by atoms with Crippen LogP contribution in [0, 0.1) is 11.8 Å². The molecule has 0 spiro atoms. The molecule has 4 nitrogen and oxygen atoms in total. The summed E-state index contributed by atoms with van der Waals surface area (Å²) in [6.45, 7) is 3.04. The molecule has 118 valence electrons. The lowest BCUT2D eigenvalue weighted by Crippen LogP contribution is -2.48. The number of azo groups is 1. The molecule has 0 amide bonds. The second-order valence-corrected chi connectivity index (χ2v) is 7.40. The highest BCUT2D eigenvalue weighted by Gasteiger charge is 2.46. The Morgan fingerprint density at radius 2 is 2.17 bits per heavy atom. The van der Waals surface area contributed by atoms with E-state index in [0.29, 0.717) is 30.6 Å². The van der Waals surface area contributed by atoms with Crippen molar-refractivity contribution in [1.82, 2.24) is 4.90 Å². The smallest absolute Gasteiger partial charge is 0.169 e. The van der Waals surface area contributed by atoms with Gasteiger partial charge in [-0.2, -0.15) is 5.11 Å². The second-order valence-electron chi connectivity index (χ2n) is 6.96. The van der Waals surface area contributed by atoms with Gasteiger partial charge in [0.05, 0.1) is 0 Å². The minimum atomic E-state index is 0.474. The van der Waals surface area contributed by atoms with E-state index in [1.807, 2.05) is 6.07 Å². The molecule has 3 aliphatic heterocycles. The van der Waals surface area contributed by atoms with E-state index in [1.165, 1.54) is 11.3 Å². The first-order valence-corrected chi connectivity index (χ1v) is 8.69. The molecule has 0 N–H and O–H groups in total. The first-order valence-electron chi connectivity index (χ1n) is 8.32. The summed E-state index contributed by atoms with van der Waals surface area (Å²) in [4.78, 5) is 4.79. The lowest BCUT2D eigenvalue weighted by molar-refractivity contribution is 0.152. The lowest BCUT2D eigenvalue weighted by Gasteiger charge is -2.41. The van der Waals surface area contributed by atoms with Gasteiger partial charge in [-0.25, -0.2) is 0 Å². The molecule has 5 heteroatoms. The van der Waals surface area contributed by atoms with Crippen molar-refractivity contribution < 1.29 is 0 Å². The van der Waals surface area contributed by atoms with Gasteiger partial charge in [0.25, 0.3) is 0 Å². The van der Waals surface area contributed by atoms with Crippen LogP contribution in [0.3, 0.4) is 0 Å². The van der Waals surface area contributed by atoms with Crippen LogP contribution in [-0.2, 0) is 6.42 Å². The molecule has 0 saturated heterocycles. The van der Waals surface area contributed by atoms with Crippen LogP contribution in [0.25, 0.3) is 0 Å². The van der Waals surface area contributed by atoms with Gasteiger partial charge in [-0.3, -0.25) is 0 Å². The van der Waals surface area contributed by atoms with Crippen LogP contribution in [0.15, 0.2) is 52.6 Å². The summed E-state index contributed by atoms with van der Waals surface area (Å²) in [6.07, 6.45) is 9.06. The summed E-state index contributed by atoms with van der Waals surface area (Å²) in [7, 11) is 0. The van der Waals surface area contributed by atoms with Gasteiger partial charge in [0.15, 0.2) is 5.82 Å². The highest BCUT2D eigenvalue weighted by atomic mass is 35.5. The summed E-state index contributed by atoms with van der Waals surface area (Å²) >= 11 is 6.26. The number of hydrogen-bond donors (Lipinski definition) is 0. The summed E-state index contributed by atoms with van der Waals surface area (Å²) in [5, 5.41) is 9.48. The minimum absolute atomic E-state index is 0.474. The number of allylic oxidation sites excluding steroid dienone is 1. The van der Waals surface area contributed by atoms with Gasteiger partial charge >= 0.3 is 0 Å². The normalized spacial score (nSPS) is 33.7. The van der Waals surface area contributed by atoms with Crippen molar-refractivity contribution >= 4 is 17.3 Å². The molecule has 1 aliphatic carbocycles. The number of fused-ring (bicyclic) bond motifs is 7. The Morgan fingerprint density at radius 1 is 1.26 bits per heavy atom. The lowest BCUT2D eigenvalue weighted by atomic mass is 9.75. The highest BCUT2D eigenvalue weighted by molar-refractivity contribution is 6.30. The first-order chi connectivity index (χ1) is 11.2. The van der Waals surface area contributed by atoms with Crippen molar-refractivity contribution in [3.05, 3.63) is 53.0 Å². The summed E-state index contributed by atoms with van der Waals surface area (Å²) in [5.74, 6) is 2.13. The van der Waals surface area contributed by atoms with Crippen molar-refractivity contribution in [2.45, 2.75) is 31.8 Å². The topological polar surface area (TPSA) is 31.2 Å². The number of anilines is 1. The zero-order chi connectivity index (χ0) is 15.6. The molecule has 0 saturated carbocycles. The third kappa shape index (κ3) is 1.91. The quantitative estimate of drug-likeness (QED) is 0.669. The fourth-order valence-corrected chi connectivity index (χ4v) is 4.92. The second kappa shape index (κ2) is 4.84. The monoisotopic (exact) mass is 326 g/mol. The van der Waals surface area contributed by atoms with Crippen LogP contribution in [0.4, 0.5) is 5.69 Å². The zero-order valence-corrected chi connectivity index (χ0v) is 13.8. The molecule has 4 atom stereocenters. The average molecular weight is 327 g/mol. The van der Waals surface area contributed by atoms with Gasteiger partial charge in [0, 0.05) is 34.9 Å². The van der Waals surface area contributed by atoms with Crippen LogP contribution in [-0.4, -0.2) is 23.7 Å². The Morgan fingerprint density at radius 3 is 3.09 bits per heavy atom. The Kier molecular flexibility index (Phi) is 2.87. The van der Waals surface area contributed by atoms with Gasteiger partial charge in [0.2, 0.25) is 0 Å². The number of benzene rings is 1. The minimum Gasteiger partial charge on any atom is -0.340 e. The van der Waals surface area contributed by atoms with Gasteiger partial charge in [0.1, 0.15) is 6.67 Å². The molecule has 23 heavy (non-hydrogen) atoms. The Hall–Kier alpha value is -1.81. The molecule has 5 rings (SSSR count). The maximum absolute atomic E-state index is 6.26. The van der Waals surface area contributed by atoms with Crippen molar-refractivity contribution in [3.8, 4) is 0 Å². The Balaban J connectivity index is 1.67. The van der Waals surface area contributed by atoms with E-state index in [-0.39, 0.29) is 0 Å². The molecule has 1 aromatic rings. The van der Waals surface area contributed by atoms with E-state index in [9.17, 15) is 0 Å². The molecule has 0 aromatic heterocycles. The Bertz CT molecular complexity index is 753. The first kappa shape index (κ1) is 13.6. The number of nitrogens with zero attached hydrogens (tertiary/aromatic N) is 4. The predicted molar refractivity (Wildman–Crippen MR) is 91.3 cm³/mol. The van der Waals surface area contributed by atoms with Crippen LogP contribution in [0.5, 0.6) is 0 Å². The molecule has 0 fully saturated rings. The van der Waals surface area contributed by atoms with Crippen molar-refractivity contribution in [2.24, 2.45) is 22.1 Å². The fourth-order valence-electron chi connectivity index (χ4n) is 4.75. The number of hydrogen-bond acceptors (Lipinski definition) is 4. The van der Waals surface area contributed by atoms with Crippen molar-refractivity contribution in [2.75, 3.05) is 11.6 Å². The molecular formula is C18H19ClN4. The Labute approximate surface area is 141 Å². The largest absolute Gasteiger partial charge is 0.340 e. The van der Waals surface area contributed by atoms with E-state index in [0.717, 1.165) is 23.7 Å². The maximum Gasteiger partial charge on any atom is 0.169 e. The van der Waals surface area contributed by atoms with Gasteiger partial charge < -0.3 is 9.80 Å². The van der Waals surface area contributed by atoms with Crippen molar-refractivity contribution in [3.63, 3.8) is 0 Å². The van der Waals surface area contributed by atoms with E-state index in [4.69, 9.17) is 11.6 Å². The van der Waals surface area contributed by atoms with E-state index in [2.05, 4.69) is 57.4 Å². The number of halogens is 1. The molecule has 0 radical (unpaired) electrons. The summed E-state index contributed by atoms with van der Waals surface area (Å²) < 4.78 is 0. The summed E-state index contributed by atoms with van der Waals surface area (Å²) in [6, 6.07) is 7.23. The summed E-state index contributed by atoms with van der Waals surface area (Å²) in [5.41, 5.74) is 2.62. The van der Waals surface area contributed by atoms with E-state index < -0.39 is 0 Å². The maximum atomic E-state index is 6.26. The van der Waals surface area contributed by atoms with Crippen LogP contribution >= 0.6 is 11.6 Å².